The van der Waals surface area contributed by atoms with Crippen molar-refractivity contribution in [1.82, 2.24) is 10.6 Å². The standard InChI is InChI=1S/C28H32N2O5/c31-26(29-19-10-6-9-18(15-19)27(32)33)25(17-7-5-8-17)30-28(34)35-16-24-22-13-3-1-11-20(22)21-12-2-4-14-23(21)24/h1-4,11-14,17-19,24-25H,5-10,15-16H2,(H,29,31)(H,30,34)(H,32,33)/t18-,19+,25?/m1/s1. The van der Waals surface area contributed by atoms with Crippen LogP contribution in [0.3, 0.4) is 0 Å². The number of amides is 2. The van der Waals surface area contributed by atoms with E-state index in [2.05, 4.69) is 34.9 Å². The van der Waals surface area contributed by atoms with Crippen LogP contribution in [-0.2, 0) is 14.3 Å². The van der Waals surface area contributed by atoms with Gasteiger partial charge in [0.25, 0.3) is 0 Å². The number of carboxylic acids is 1. The van der Waals surface area contributed by atoms with Crippen LogP contribution in [-0.4, -0.2) is 41.8 Å². The quantitative estimate of drug-likeness (QED) is 0.548. The first-order chi connectivity index (χ1) is 17.0. The second kappa shape index (κ2) is 10.1. The molecule has 3 aliphatic rings. The summed E-state index contributed by atoms with van der Waals surface area (Å²) in [6.07, 6.45) is 4.81. The first kappa shape index (κ1) is 23.4. The molecule has 7 heteroatoms. The minimum absolute atomic E-state index is 0.0423. The van der Waals surface area contributed by atoms with Crippen LogP contribution in [0.25, 0.3) is 11.1 Å². The van der Waals surface area contributed by atoms with E-state index in [4.69, 9.17) is 4.74 Å². The third-order valence-electron chi connectivity index (χ3n) is 7.89. The molecule has 35 heavy (non-hydrogen) atoms. The fraction of sp³-hybridized carbons (Fsp3) is 0.464. The van der Waals surface area contributed by atoms with Crippen molar-refractivity contribution in [1.29, 1.82) is 0 Å². The van der Waals surface area contributed by atoms with Crippen molar-refractivity contribution in [2.24, 2.45) is 11.8 Å². The molecule has 2 fully saturated rings. The van der Waals surface area contributed by atoms with Crippen LogP contribution in [0.5, 0.6) is 0 Å². The van der Waals surface area contributed by atoms with E-state index in [1.165, 1.54) is 0 Å². The molecule has 1 unspecified atom stereocenters. The summed E-state index contributed by atoms with van der Waals surface area (Å²) in [4.78, 5) is 37.3. The molecule has 0 aliphatic heterocycles. The normalized spacial score (nSPS) is 22.3. The monoisotopic (exact) mass is 476 g/mol. The summed E-state index contributed by atoms with van der Waals surface area (Å²) < 4.78 is 5.67. The average molecular weight is 477 g/mol. The molecule has 0 bridgehead atoms. The number of alkyl carbamates (subject to hydrolysis) is 1. The maximum atomic E-state index is 13.1. The van der Waals surface area contributed by atoms with Gasteiger partial charge in [-0.05, 0) is 60.3 Å². The first-order valence-electron chi connectivity index (χ1n) is 12.7. The molecule has 0 heterocycles. The molecule has 2 aromatic carbocycles. The second-order valence-corrected chi connectivity index (χ2v) is 10.0. The molecule has 5 rings (SSSR count). The lowest BCUT2D eigenvalue weighted by Gasteiger charge is -2.35. The highest BCUT2D eigenvalue weighted by Gasteiger charge is 2.37. The Morgan fingerprint density at radius 3 is 2.14 bits per heavy atom. The van der Waals surface area contributed by atoms with Gasteiger partial charge >= 0.3 is 12.1 Å². The number of nitrogens with one attached hydrogen (secondary N) is 2. The van der Waals surface area contributed by atoms with Gasteiger partial charge in [-0.1, -0.05) is 61.4 Å². The molecule has 3 N–H and O–H groups in total. The number of rotatable bonds is 7. The maximum Gasteiger partial charge on any atom is 0.407 e. The minimum Gasteiger partial charge on any atom is -0.481 e. The molecule has 2 aromatic rings. The highest BCUT2D eigenvalue weighted by atomic mass is 16.5. The van der Waals surface area contributed by atoms with Crippen LogP contribution >= 0.6 is 0 Å². The van der Waals surface area contributed by atoms with Crippen LogP contribution in [0.15, 0.2) is 48.5 Å². The summed E-state index contributed by atoms with van der Waals surface area (Å²) >= 11 is 0. The van der Waals surface area contributed by atoms with Gasteiger partial charge in [0.1, 0.15) is 12.6 Å². The van der Waals surface area contributed by atoms with Gasteiger partial charge in [0.15, 0.2) is 0 Å². The third kappa shape index (κ3) is 4.90. The Hall–Kier alpha value is -3.35. The lowest BCUT2D eigenvalue weighted by molar-refractivity contribution is -0.143. The van der Waals surface area contributed by atoms with E-state index in [1.807, 2.05) is 24.3 Å². The molecule has 2 amide bonds. The Kier molecular flexibility index (Phi) is 6.75. The van der Waals surface area contributed by atoms with E-state index >= 15 is 0 Å². The second-order valence-electron chi connectivity index (χ2n) is 10.0. The summed E-state index contributed by atoms with van der Waals surface area (Å²) in [5, 5.41) is 15.2. The van der Waals surface area contributed by atoms with Crippen LogP contribution < -0.4 is 10.6 Å². The van der Waals surface area contributed by atoms with E-state index in [0.29, 0.717) is 12.8 Å². The number of hydrogen-bond acceptors (Lipinski definition) is 4. The largest absolute Gasteiger partial charge is 0.481 e. The summed E-state index contributed by atoms with van der Waals surface area (Å²) in [6.45, 7) is 0.196. The average Bonchev–Trinajstić information content (AvgIpc) is 3.15. The van der Waals surface area contributed by atoms with Crippen molar-refractivity contribution in [2.75, 3.05) is 6.61 Å². The number of carbonyl (C=O) groups is 3. The fourth-order valence-corrected chi connectivity index (χ4v) is 5.77. The van der Waals surface area contributed by atoms with Crippen LogP contribution in [0.1, 0.15) is 62.0 Å². The molecule has 0 radical (unpaired) electrons. The first-order valence-corrected chi connectivity index (χ1v) is 12.7. The van der Waals surface area contributed by atoms with Crippen LogP contribution in [0.4, 0.5) is 4.79 Å². The summed E-state index contributed by atoms with van der Waals surface area (Å²) in [7, 11) is 0. The van der Waals surface area contributed by atoms with Crippen molar-refractivity contribution in [3.63, 3.8) is 0 Å². The molecule has 184 valence electrons. The topological polar surface area (TPSA) is 105 Å². The molecule has 0 aromatic heterocycles. The Bertz CT molecular complexity index is 1070. The fourth-order valence-electron chi connectivity index (χ4n) is 5.77. The molecule has 3 atom stereocenters. The van der Waals surface area contributed by atoms with Gasteiger partial charge in [0.2, 0.25) is 5.91 Å². The predicted molar refractivity (Wildman–Crippen MR) is 131 cm³/mol. The van der Waals surface area contributed by atoms with Crippen molar-refractivity contribution in [3.05, 3.63) is 59.7 Å². The highest BCUT2D eigenvalue weighted by Crippen LogP contribution is 2.44. The van der Waals surface area contributed by atoms with E-state index in [1.54, 1.807) is 0 Å². The molecule has 0 saturated heterocycles. The predicted octanol–water partition coefficient (Wildman–Crippen LogP) is 4.45. The number of hydrogen-bond donors (Lipinski definition) is 3. The summed E-state index contributed by atoms with van der Waals surface area (Å²) in [5.41, 5.74) is 4.60. The highest BCUT2D eigenvalue weighted by molar-refractivity contribution is 5.86. The van der Waals surface area contributed by atoms with E-state index in [9.17, 15) is 19.5 Å². The van der Waals surface area contributed by atoms with Gasteiger partial charge in [-0.15, -0.1) is 0 Å². The van der Waals surface area contributed by atoms with Crippen LogP contribution in [0.2, 0.25) is 0 Å². The number of benzene rings is 2. The molecule has 0 spiro atoms. The van der Waals surface area contributed by atoms with Gasteiger partial charge < -0.3 is 20.5 Å². The number of aliphatic carboxylic acids is 1. The van der Waals surface area contributed by atoms with Crippen molar-refractivity contribution >= 4 is 18.0 Å². The molecule has 7 nitrogen and oxygen atoms in total. The minimum atomic E-state index is -0.809. The molecular formula is C28H32N2O5. The number of fused-ring (bicyclic) bond motifs is 3. The zero-order valence-corrected chi connectivity index (χ0v) is 19.7. The lowest BCUT2D eigenvalue weighted by atomic mass is 9.79. The van der Waals surface area contributed by atoms with Gasteiger partial charge in [-0.25, -0.2) is 4.79 Å². The number of carbonyl (C=O) groups excluding carboxylic acids is 2. The smallest absolute Gasteiger partial charge is 0.407 e. The van der Waals surface area contributed by atoms with E-state index in [0.717, 1.165) is 54.4 Å². The van der Waals surface area contributed by atoms with Crippen molar-refractivity contribution in [3.8, 4) is 11.1 Å². The van der Waals surface area contributed by atoms with E-state index < -0.39 is 24.0 Å². The zero-order chi connectivity index (χ0) is 24.4. The molecular weight excluding hydrogens is 444 g/mol. The van der Waals surface area contributed by atoms with Gasteiger partial charge in [0.05, 0.1) is 5.92 Å². The lowest BCUT2D eigenvalue weighted by Crippen LogP contribution is -2.55. The maximum absolute atomic E-state index is 13.1. The van der Waals surface area contributed by atoms with Gasteiger partial charge in [0, 0.05) is 12.0 Å². The Labute approximate surface area is 205 Å². The molecule has 3 aliphatic carbocycles. The van der Waals surface area contributed by atoms with Crippen molar-refractivity contribution in [2.45, 2.75) is 62.9 Å². The zero-order valence-electron chi connectivity index (χ0n) is 19.7. The Morgan fingerprint density at radius 1 is 0.914 bits per heavy atom. The third-order valence-corrected chi connectivity index (χ3v) is 7.89. The molecule has 2 saturated carbocycles. The van der Waals surface area contributed by atoms with Gasteiger partial charge in [-0.3, -0.25) is 9.59 Å². The van der Waals surface area contributed by atoms with Crippen LogP contribution in [0, 0.1) is 11.8 Å². The van der Waals surface area contributed by atoms with E-state index in [-0.39, 0.29) is 30.4 Å². The van der Waals surface area contributed by atoms with Crippen molar-refractivity contribution < 1.29 is 24.2 Å². The summed E-state index contributed by atoms with van der Waals surface area (Å²) in [5.74, 6) is -1.43. The number of ether oxygens (including phenoxy) is 1. The number of carboxylic acid groups (broad SMARTS) is 1. The van der Waals surface area contributed by atoms with Gasteiger partial charge in [-0.2, -0.15) is 0 Å². The Morgan fingerprint density at radius 2 is 1.54 bits per heavy atom. The SMILES string of the molecule is O=C(NC(C(=O)N[C@H]1CCC[C@@H](C(=O)O)C1)C1CCC1)OCC1c2ccccc2-c2ccccc21. The summed E-state index contributed by atoms with van der Waals surface area (Å²) in [6, 6.07) is 15.5. The Balaban J connectivity index is 1.21.